The first kappa shape index (κ1) is 16.0. The molecule has 0 aliphatic carbocycles. The minimum absolute atomic E-state index is 0.291. The van der Waals surface area contributed by atoms with E-state index in [-0.39, 0.29) is 0 Å². The van der Waals surface area contributed by atoms with Crippen molar-refractivity contribution in [2.24, 2.45) is 0 Å². The number of nitrogens with zero attached hydrogens (tertiary/aromatic N) is 1. The van der Waals surface area contributed by atoms with Gasteiger partial charge in [-0.05, 0) is 42.5 Å². The number of halogens is 1. The number of esters is 1. The van der Waals surface area contributed by atoms with Gasteiger partial charge in [0.1, 0.15) is 10.8 Å². The van der Waals surface area contributed by atoms with E-state index in [1.807, 2.05) is 24.3 Å². The van der Waals surface area contributed by atoms with Crippen molar-refractivity contribution < 1.29 is 18.7 Å². The fraction of sp³-hybridized carbons (Fsp3) is 0.0556. The zero-order valence-corrected chi connectivity index (χ0v) is 13.3. The van der Waals surface area contributed by atoms with Gasteiger partial charge in [0.25, 0.3) is 0 Å². The normalized spacial score (nSPS) is 11.0. The third-order valence-corrected chi connectivity index (χ3v) is 4.19. The molecule has 0 spiro atoms. The van der Waals surface area contributed by atoms with E-state index in [0.29, 0.717) is 10.6 Å². The Morgan fingerprint density at radius 3 is 2.62 bits per heavy atom. The number of para-hydroxylation sites is 1. The van der Waals surface area contributed by atoms with E-state index < -0.39 is 24.2 Å². The fourth-order valence-corrected chi connectivity index (χ4v) is 2.87. The summed E-state index contributed by atoms with van der Waals surface area (Å²) in [6.07, 6.45) is 2.78. The molecule has 3 rings (SSSR count). The standard InChI is InChI=1S/C18H12FNO3S/c19-13-7-5-12(6-8-13)15(21)11-23-18(22)10-9-17-20-14-3-1-2-4-16(14)24-17/h1-10H,11H2. The van der Waals surface area contributed by atoms with Crippen LogP contribution in [-0.4, -0.2) is 23.3 Å². The number of fused-ring (bicyclic) bond motifs is 1. The minimum atomic E-state index is -0.635. The molecule has 3 aromatic rings. The lowest BCUT2D eigenvalue weighted by molar-refractivity contribution is -0.136. The summed E-state index contributed by atoms with van der Waals surface area (Å²) in [6, 6.07) is 12.7. The molecule has 0 bridgehead atoms. The second kappa shape index (κ2) is 7.14. The maximum Gasteiger partial charge on any atom is 0.331 e. The zero-order valence-electron chi connectivity index (χ0n) is 12.4. The quantitative estimate of drug-likeness (QED) is 0.401. The number of hydrogen-bond donors (Lipinski definition) is 0. The second-order valence-electron chi connectivity index (χ2n) is 4.89. The summed E-state index contributed by atoms with van der Waals surface area (Å²) < 4.78 is 18.7. The van der Waals surface area contributed by atoms with Gasteiger partial charge in [-0.25, -0.2) is 14.2 Å². The van der Waals surface area contributed by atoms with Crippen molar-refractivity contribution in [3.63, 3.8) is 0 Å². The number of aromatic nitrogens is 1. The molecule has 0 unspecified atom stereocenters. The molecule has 0 saturated carbocycles. The molecule has 0 saturated heterocycles. The van der Waals surface area contributed by atoms with E-state index in [9.17, 15) is 14.0 Å². The van der Waals surface area contributed by atoms with Gasteiger partial charge in [0.05, 0.1) is 10.2 Å². The van der Waals surface area contributed by atoms with E-state index in [0.717, 1.165) is 10.2 Å². The summed E-state index contributed by atoms with van der Waals surface area (Å²) >= 11 is 1.45. The number of carbonyl (C=O) groups excluding carboxylic acids is 2. The number of Topliss-reactive ketones (excluding diaryl/α,β-unsaturated/α-hetero) is 1. The van der Waals surface area contributed by atoms with Crippen molar-refractivity contribution in [3.05, 3.63) is 71.0 Å². The van der Waals surface area contributed by atoms with Crippen LogP contribution < -0.4 is 0 Å². The average Bonchev–Trinajstić information content (AvgIpc) is 3.01. The SMILES string of the molecule is O=C(C=Cc1nc2ccccc2s1)OCC(=O)c1ccc(F)cc1. The van der Waals surface area contributed by atoms with Crippen LogP contribution >= 0.6 is 11.3 Å². The summed E-state index contributed by atoms with van der Waals surface area (Å²) in [7, 11) is 0. The summed E-state index contributed by atoms with van der Waals surface area (Å²) in [5.41, 5.74) is 1.15. The van der Waals surface area contributed by atoms with Crippen molar-refractivity contribution in [3.8, 4) is 0 Å². The van der Waals surface area contributed by atoms with Crippen LogP contribution in [0.25, 0.3) is 16.3 Å². The molecular weight excluding hydrogens is 329 g/mol. The first-order chi connectivity index (χ1) is 11.6. The highest BCUT2D eigenvalue weighted by Crippen LogP contribution is 2.22. The number of hydrogen-bond acceptors (Lipinski definition) is 5. The average molecular weight is 341 g/mol. The van der Waals surface area contributed by atoms with Crippen LogP contribution in [0.5, 0.6) is 0 Å². The van der Waals surface area contributed by atoms with Gasteiger partial charge < -0.3 is 4.74 Å². The highest BCUT2D eigenvalue weighted by atomic mass is 32.1. The van der Waals surface area contributed by atoms with Gasteiger partial charge >= 0.3 is 5.97 Å². The molecule has 1 aromatic heterocycles. The van der Waals surface area contributed by atoms with E-state index in [2.05, 4.69) is 4.98 Å². The molecule has 24 heavy (non-hydrogen) atoms. The first-order valence-corrected chi connectivity index (χ1v) is 7.92. The summed E-state index contributed by atoms with van der Waals surface area (Å²) in [6.45, 7) is -0.394. The summed E-state index contributed by atoms with van der Waals surface area (Å²) in [5.74, 6) is -1.45. The van der Waals surface area contributed by atoms with Crippen LogP contribution in [0.4, 0.5) is 4.39 Å². The molecule has 0 atom stereocenters. The molecular formula is C18H12FNO3S. The number of benzene rings is 2. The Labute approximate surface area is 141 Å². The van der Waals surface area contributed by atoms with E-state index in [1.54, 1.807) is 6.08 Å². The highest BCUT2D eigenvalue weighted by Gasteiger charge is 2.08. The van der Waals surface area contributed by atoms with Crippen molar-refractivity contribution in [2.45, 2.75) is 0 Å². The maximum atomic E-state index is 12.8. The molecule has 120 valence electrons. The lowest BCUT2D eigenvalue weighted by Crippen LogP contribution is -2.12. The predicted molar refractivity (Wildman–Crippen MR) is 90.3 cm³/mol. The van der Waals surface area contributed by atoms with Crippen LogP contribution in [0.2, 0.25) is 0 Å². The van der Waals surface area contributed by atoms with Crippen LogP contribution in [0.1, 0.15) is 15.4 Å². The lowest BCUT2D eigenvalue weighted by Gasteiger charge is -2.01. The molecule has 0 aliphatic rings. The molecule has 0 aliphatic heterocycles. The van der Waals surface area contributed by atoms with Crippen molar-refractivity contribution in [1.82, 2.24) is 4.98 Å². The Kier molecular flexibility index (Phi) is 4.77. The van der Waals surface area contributed by atoms with Gasteiger partial charge in [-0.1, -0.05) is 12.1 Å². The molecule has 4 nitrogen and oxygen atoms in total. The molecule has 0 fully saturated rings. The van der Waals surface area contributed by atoms with Gasteiger partial charge in [0, 0.05) is 11.6 Å². The number of carbonyl (C=O) groups is 2. The van der Waals surface area contributed by atoms with E-state index >= 15 is 0 Å². The zero-order chi connectivity index (χ0) is 16.9. The van der Waals surface area contributed by atoms with Crippen molar-refractivity contribution in [1.29, 1.82) is 0 Å². The number of rotatable bonds is 5. The van der Waals surface area contributed by atoms with Crippen molar-refractivity contribution >= 4 is 39.4 Å². The number of thiazole rings is 1. The maximum absolute atomic E-state index is 12.8. The van der Waals surface area contributed by atoms with Crippen LogP contribution in [0, 0.1) is 5.82 Å². The molecule has 6 heteroatoms. The molecule has 1 heterocycles. The Morgan fingerprint density at radius 2 is 1.88 bits per heavy atom. The highest BCUT2D eigenvalue weighted by molar-refractivity contribution is 7.19. The Bertz CT molecular complexity index is 882. The Morgan fingerprint density at radius 1 is 1.12 bits per heavy atom. The smallest absolute Gasteiger partial charge is 0.331 e. The Balaban J connectivity index is 1.57. The molecule has 0 N–H and O–H groups in total. The van der Waals surface area contributed by atoms with Gasteiger partial charge in [0.15, 0.2) is 12.4 Å². The van der Waals surface area contributed by atoms with E-state index in [4.69, 9.17) is 4.74 Å². The fourth-order valence-electron chi connectivity index (χ4n) is 2.00. The second-order valence-corrected chi connectivity index (χ2v) is 5.95. The molecule has 2 aromatic carbocycles. The molecule has 0 amide bonds. The Hall–Kier alpha value is -2.86. The van der Waals surface area contributed by atoms with Gasteiger partial charge in [-0.2, -0.15) is 0 Å². The topological polar surface area (TPSA) is 56.3 Å². The first-order valence-electron chi connectivity index (χ1n) is 7.11. The van der Waals surface area contributed by atoms with Gasteiger partial charge in [-0.3, -0.25) is 4.79 Å². The van der Waals surface area contributed by atoms with E-state index in [1.165, 1.54) is 41.7 Å². The summed E-state index contributed by atoms with van der Waals surface area (Å²) in [5, 5.41) is 0.679. The van der Waals surface area contributed by atoms with Gasteiger partial charge in [0.2, 0.25) is 0 Å². The third kappa shape index (κ3) is 3.91. The largest absolute Gasteiger partial charge is 0.454 e. The lowest BCUT2D eigenvalue weighted by atomic mass is 10.1. The van der Waals surface area contributed by atoms with Gasteiger partial charge in [-0.15, -0.1) is 11.3 Å². The number of ether oxygens (including phenoxy) is 1. The monoisotopic (exact) mass is 341 g/mol. The number of ketones is 1. The van der Waals surface area contributed by atoms with Crippen LogP contribution in [-0.2, 0) is 9.53 Å². The molecule has 0 radical (unpaired) electrons. The van der Waals surface area contributed by atoms with Crippen LogP contribution in [0.3, 0.4) is 0 Å². The predicted octanol–water partition coefficient (Wildman–Crippen LogP) is 3.87. The van der Waals surface area contributed by atoms with Crippen molar-refractivity contribution in [2.75, 3.05) is 6.61 Å². The van der Waals surface area contributed by atoms with Crippen LogP contribution in [0.15, 0.2) is 54.6 Å². The minimum Gasteiger partial charge on any atom is -0.454 e. The summed E-state index contributed by atoms with van der Waals surface area (Å²) in [4.78, 5) is 27.9. The third-order valence-electron chi connectivity index (χ3n) is 3.18.